The molecule has 0 saturated carbocycles. The summed E-state index contributed by atoms with van der Waals surface area (Å²) in [6, 6.07) is 0. The lowest BCUT2D eigenvalue weighted by Crippen LogP contribution is -2.55. The Balaban J connectivity index is 4.71. The van der Waals surface area contributed by atoms with Gasteiger partial charge in [0.05, 0.1) is 0 Å². The third kappa shape index (κ3) is 13.4. The van der Waals surface area contributed by atoms with Crippen LogP contribution >= 0.6 is 0 Å². The Kier molecular flexibility index (Phi) is 19.5. The van der Waals surface area contributed by atoms with E-state index < -0.39 is 5.72 Å². The van der Waals surface area contributed by atoms with Gasteiger partial charge in [0.2, 0.25) is 0 Å². The highest BCUT2D eigenvalue weighted by atomic mass is 16.3. The van der Waals surface area contributed by atoms with Gasteiger partial charge in [0.15, 0.2) is 0 Å². The van der Waals surface area contributed by atoms with Crippen LogP contribution in [0, 0.1) is 5.41 Å². The fourth-order valence-electron chi connectivity index (χ4n) is 5.15. The molecule has 0 bridgehead atoms. The van der Waals surface area contributed by atoms with E-state index in [1.54, 1.807) is 0 Å². The van der Waals surface area contributed by atoms with Crippen molar-refractivity contribution in [3.8, 4) is 0 Å². The highest BCUT2D eigenvalue weighted by molar-refractivity contribution is 4.94. The lowest BCUT2D eigenvalue weighted by Gasteiger charge is -2.46. The zero-order valence-corrected chi connectivity index (χ0v) is 21.6. The van der Waals surface area contributed by atoms with Gasteiger partial charge in [-0.25, -0.2) is 0 Å². The molecule has 1 unspecified atom stereocenters. The number of hydrogen-bond acceptors (Lipinski definition) is 2. The fourth-order valence-corrected chi connectivity index (χ4v) is 5.15. The SMILES string of the molecule is CCCCCCCCC(N)(O)C(CC)(CCCCCCCC)CCCCCCCC. The molecule has 0 amide bonds. The molecule has 0 saturated heterocycles. The highest BCUT2D eigenvalue weighted by Gasteiger charge is 2.44. The number of aliphatic hydroxyl groups is 1. The van der Waals surface area contributed by atoms with Crippen LogP contribution in [0.15, 0.2) is 0 Å². The zero-order chi connectivity index (χ0) is 22.6. The van der Waals surface area contributed by atoms with Crippen LogP contribution in [-0.4, -0.2) is 10.8 Å². The lowest BCUT2D eigenvalue weighted by atomic mass is 9.66. The van der Waals surface area contributed by atoms with E-state index in [4.69, 9.17) is 5.73 Å². The number of nitrogens with two attached hydrogens (primary N) is 1. The Morgan fingerprint density at radius 2 is 0.767 bits per heavy atom. The van der Waals surface area contributed by atoms with Crippen LogP contribution in [-0.2, 0) is 0 Å². The molecular weight excluding hydrogens is 366 g/mol. The number of unbranched alkanes of at least 4 members (excludes halogenated alkanes) is 15. The second-order valence-electron chi connectivity index (χ2n) is 10.1. The van der Waals surface area contributed by atoms with Crippen LogP contribution in [0.3, 0.4) is 0 Å². The Bertz CT molecular complexity index is 337. The molecule has 0 aliphatic heterocycles. The molecule has 2 nitrogen and oxygen atoms in total. The molecule has 0 aromatic carbocycles. The number of hydrogen-bond donors (Lipinski definition) is 2. The van der Waals surface area contributed by atoms with Gasteiger partial charge in [-0.05, 0) is 32.1 Å². The Morgan fingerprint density at radius 1 is 0.467 bits per heavy atom. The van der Waals surface area contributed by atoms with E-state index in [9.17, 15) is 5.11 Å². The summed E-state index contributed by atoms with van der Waals surface area (Å²) in [5.41, 5.74) is 5.64. The molecule has 0 heterocycles. The predicted octanol–water partition coefficient (Wildman–Crippen LogP) is 9.28. The molecule has 0 aromatic rings. The molecule has 3 N–H and O–H groups in total. The molecule has 0 aromatic heterocycles. The van der Waals surface area contributed by atoms with E-state index in [2.05, 4.69) is 27.7 Å². The minimum absolute atomic E-state index is 0.0913. The maximum absolute atomic E-state index is 11.5. The average Bonchev–Trinajstić information content (AvgIpc) is 2.74. The maximum Gasteiger partial charge on any atom is 0.119 e. The third-order valence-electron chi connectivity index (χ3n) is 7.52. The van der Waals surface area contributed by atoms with Crippen molar-refractivity contribution in [1.29, 1.82) is 0 Å². The van der Waals surface area contributed by atoms with Crippen molar-refractivity contribution in [3.63, 3.8) is 0 Å². The van der Waals surface area contributed by atoms with Gasteiger partial charge in [-0.1, -0.05) is 137 Å². The molecule has 182 valence electrons. The van der Waals surface area contributed by atoms with Gasteiger partial charge in [0, 0.05) is 5.41 Å². The van der Waals surface area contributed by atoms with Crippen molar-refractivity contribution in [3.05, 3.63) is 0 Å². The lowest BCUT2D eigenvalue weighted by molar-refractivity contribution is -0.103. The van der Waals surface area contributed by atoms with E-state index in [1.807, 2.05) is 0 Å². The van der Waals surface area contributed by atoms with E-state index in [0.29, 0.717) is 0 Å². The zero-order valence-electron chi connectivity index (χ0n) is 21.6. The summed E-state index contributed by atoms with van der Waals surface area (Å²) >= 11 is 0. The molecule has 0 fully saturated rings. The van der Waals surface area contributed by atoms with Crippen LogP contribution < -0.4 is 5.73 Å². The molecular formula is C28H59NO. The van der Waals surface area contributed by atoms with Gasteiger partial charge in [-0.3, -0.25) is 0 Å². The summed E-state index contributed by atoms with van der Waals surface area (Å²) in [7, 11) is 0. The average molecular weight is 426 g/mol. The van der Waals surface area contributed by atoms with Crippen molar-refractivity contribution < 1.29 is 5.11 Å². The topological polar surface area (TPSA) is 46.2 Å². The number of rotatable bonds is 23. The van der Waals surface area contributed by atoms with E-state index in [1.165, 1.54) is 109 Å². The van der Waals surface area contributed by atoms with Crippen molar-refractivity contribution in [2.45, 2.75) is 175 Å². The smallest absolute Gasteiger partial charge is 0.119 e. The first-order valence-electron chi connectivity index (χ1n) is 14.0. The third-order valence-corrected chi connectivity index (χ3v) is 7.52. The van der Waals surface area contributed by atoms with Crippen LogP contribution in [0.1, 0.15) is 169 Å². The molecule has 0 radical (unpaired) electrons. The fraction of sp³-hybridized carbons (Fsp3) is 1.00. The van der Waals surface area contributed by atoms with Crippen LogP contribution in [0.2, 0.25) is 0 Å². The molecule has 1 atom stereocenters. The van der Waals surface area contributed by atoms with E-state index in [0.717, 1.165) is 32.1 Å². The monoisotopic (exact) mass is 425 g/mol. The predicted molar refractivity (Wildman–Crippen MR) is 136 cm³/mol. The summed E-state index contributed by atoms with van der Waals surface area (Å²) in [6.07, 6.45) is 27.3. The second-order valence-corrected chi connectivity index (χ2v) is 10.1. The summed E-state index contributed by atoms with van der Waals surface area (Å²) in [6.45, 7) is 9.09. The summed E-state index contributed by atoms with van der Waals surface area (Å²) in [5.74, 6) is 0. The van der Waals surface area contributed by atoms with Crippen molar-refractivity contribution >= 4 is 0 Å². The molecule has 0 rings (SSSR count). The summed E-state index contributed by atoms with van der Waals surface area (Å²) in [5, 5.41) is 11.5. The van der Waals surface area contributed by atoms with Gasteiger partial charge in [0.1, 0.15) is 5.72 Å². The van der Waals surface area contributed by atoms with Crippen molar-refractivity contribution in [1.82, 2.24) is 0 Å². The van der Waals surface area contributed by atoms with Crippen LogP contribution in [0.5, 0.6) is 0 Å². The quantitative estimate of drug-likeness (QED) is 0.126. The summed E-state index contributed by atoms with van der Waals surface area (Å²) < 4.78 is 0. The first kappa shape index (κ1) is 29.9. The van der Waals surface area contributed by atoms with Gasteiger partial charge in [0.25, 0.3) is 0 Å². The van der Waals surface area contributed by atoms with Crippen molar-refractivity contribution in [2.75, 3.05) is 0 Å². The Hall–Kier alpha value is -0.0800. The minimum atomic E-state index is -1.00. The Labute approximate surface area is 191 Å². The van der Waals surface area contributed by atoms with Crippen LogP contribution in [0.4, 0.5) is 0 Å². The van der Waals surface area contributed by atoms with Crippen molar-refractivity contribution in [2.24, 2.45) is 11.1 Å². The molecule has 0 aliphatic rings. The van der Waals surface area contributed by atoms with Crippen LogP contribution in [0.25, 0.3) is 0 Å². The minimum Gasteiger partial charge on any atom is -0.376 e. The molecule has 30 heavy (non-hydrogen) atoms. The van der Waals surface area contributed by atoms with E-state index >= 15 is 0 Å². The molecule has 0 spiro atoms. The normalized spacial score (nSPS) is 14.2. The highest BCUT2D eigenvalue weighted by Crippen LogP contribution is 2.44. The standard InChI is InChI=1S/C28H59NO/c1-5-9-12-15-18-21-24-27(8-4,25-22-19-16-13-10-6-2)28(29,30)26-23-20-17-14-11-7-3/h30H,5-26,29H2,1-4H3. The van der Waals surface area contributed by atoms with Gasteiger partial charge < -0.3 is 10.8 Å². The Morgan fingerprint density at radius 3 is 1.10 bits per heavy atom. The van der Waals surface area contributed by atoms with Gasteiger partial charge >= 0.3 is 0 Å². The van der Waals surface area contributed by atoms with Gasteiger partial charge in [-0.2, -0.15) is 0 Å². The largest absolute Gasteiger partial charge is 0.376 e. The first-order chi connectivity index (χ1) is 14.5. The van der Waals surface area contributed by atoms with Gasteiger partial charge in [-0.15, -0.1) is 0 Å². The molecule has 2 heteroatoms. The second kappa shape index (κ2) is 19.6. The first-order valence-corrected chi connectivity index (χ1v) is 14.0. The van der Waals surface area contributed by atoms with E-state index in [-0.39, 0.29) is 5.41 Å². The summed E-state index contributed by atoms with van der Waals surface area (Å²) in [4.78, 5) is 0. The molecule has 0 aliphatic carbocycles. The maximum atomic E-state index is 11.5.